The van der Waals surface area contributed by atoms with E-state index in [9.17, 15) is 9.59 Å². The van der Waals surface area contributed by atoms with E-state index < -0.39 is 0 Å². The number of carbonyl (C=O) groups excluding carboxylic acids is 2. The number of nitrogens with zero attached hydrogens (tertiary/aromatic N) is 3. The minimum atomic E-state index is -0.0403. The number of aromatic nitrogens is 2. The predicted molar refractivity (Wildman–Crippen MR) is 151 cm³/mol. The number of fused-ring (bicyclic) bond motifs is 1. The van der Waals surface area contributed by atoms with Crippen LogP contribution in [-0.4, -0.2) is 77.9 Å². The molecule has 4 heterocycles. The van der Waals surface area contributed by atoms with Crippen molar-refractivity contribution in [1.29, 1.82) is 0 Å². The molecule has 3 aromatic rings. The molecule has 3 fully saturated rings. The highest BCUT2D eigenvalue weighted by molar-refractivity contribution is 6.05. The van der Waals surface area contributed by atoms with Gasteiger partial charge in [-0.1, -0.05) is 0 Å². The molecule has 40 heavy (non-hydrogen) atoms. The normalized spacial score (nSPS) is 22.2. The maximum Gasteiger partial charge on any atom is 0.257 e. The molecule has 2 saturated heterocycles. The summed E-state index contributed by atoms with van der Waals surface area (Å²) in [7, 11) is 0. The molecule has 1 N–H and O–H groups in total. The molecule has 9 nitrogen and oxygen atoms in total. The van der Waals surface area contributed by atoms with E-state index in [1.165, 1.54) is 0 Å². The molecule has 0 radical (unpaired) electrons. The van der Waals surface area contributed by atoms with Crippen molar-refractivity contribution in [2.45, 2.75) is 57.2 Å². The third-order valence-corrected chi connectivity index (χ3v) is 8.39. The summed E-state index contributed by atoms with van der Waals surface area (Å²) in [5, 5.41) is 3.10. The van der Waals surface area contributed by atoms with Gasteiger partial charge in [-0.2, -0.15) is 0 Å². The number of ether oxygens (including phenoxy) is 3. The number of amides is 2. The van der Waals surface area contributed by atoms with Crippen LogP contribution in [0.1, 0.15) is 59.2 Å². The molecule has 2 aromatic heterocycles. The number of pyridine rings is 1. The third-order valence-electron chi connectivity index (χ3n) is 8.39. The van der Waals surface area contributed by atoms with Crippen LogP contribution in [0.3, 0.4) is 0 Å². The van der Waals surface area contributed by atoms with Gasteiger partial charge in [0, 0.05) is 56.8 Å². The van der Waals surface area contributed by atoms with Crippen LogP contribution < -0.4 is 10.1 Å². The Morgan fingerprint density at radius 1 is 0.925 bits per heavy atom. The molecule has 0 bridgehead atoms. The highest BCUT2D eigenvalue weighted by Gasteiger charge is 2.27. The maximum absolute atomic E-state index is 13.3. The number of hydrogen-bond donors (Lipinski definition) is 1. The smallest absolute Gasteiger partial charge is 0.257 e. The first kappa shape index (κ1) is 26.8. The van der Waals surface area contributed by atoms with Gasteiger partial charge in [0.25, 0.3) is 11.8 Å². The van der Waals surface area contributed by atoms with Crippen LogP contribution in [-0.2, 0) is 16.0 Å². The monoisotopic (exact) mass is 546 g/mol. The number of carbonyl (C=O) groups is 2. The van der Waals surface area contributed by atoms with Gasteiger partial charge in [-0.3, -0.25) is 14.6 Å². The highest BCUT2D eigenvalue weighted by atomic mass is 16.5. The molecule has 2 amide bonds. The standard InChI is InChI=1S/C31H38N4O5/c36-30(33-24-11-16-38-17-12-24)23-5-9-26(10-6-23)40-25-7-3-22(4-8-25)20-35-21-27(29-28(35)2-1-13-32-29)31(37)34-14-18-39-19-15-34/h1-2,5-6,9-10,13,21-22,24-25H,3-4,7-8,11-12,14-20H2,(H,33,36). The van der Waals surface area contributed by atoms with Crippen molar-refractivity contribution in [3.8, 4) is 5.75 Å². The Morgan fingerprint density at radius 3 is 2.40 bits per heavy atom. The summed E-state index contributed by atoms with van der Waals surface area (Å²) in [6, 6.07) is 11.7. The van der Waals surface area contributed by atoms with Crippen molar-refractivity contribution in [1.82, 2.24) is 19.8 Å². The van der Waals surface area contributed by atoms with E-state index in [1.807, 2.05) is 41.4 Å². The molecule has 1 saturated carbocycles. The molecule has 0 unspecified atom stereocenters. The van der Waals surface area contributed by atoms with E-state index in [-0.39, 0.29) is 24.0 Å². The molecule has 1 aliphatic carbocycles. The maximum atomic E-state index is 13.3. The molecule has 212 valence electrons. The van der Waals surface area contributed by atoms with Crippen LogP contribution in [0.25, 0.3) is 11.0 Å². The molecule has 0 spiro atoms. The molecule has 1 aromatic carbocycles. The van der Waals surface area contributed by atoms with Gasteiger partial charge in [0.2, 0.25) is 0 Å². The van der Waals surface area contributed by atoms with Crippen LogP contribution in [0.5, 0.6) is 5.75 Å². The van der Waals surface area contributed by atoms with E-state index in [4.69, 9.17) is 14.2 Å². The van der Waals surface area contributed by atoms with Crippen molar-refractivity contribution in [2.24, 2.45) is 5.92 Å². The highest BCUT2D eigenvalue weighted by Crippen LogP contribution is 2.31. The number of hydrogen-bond acceptors (Lipinski definition) is 6. The van der Waals surface area contributed by atoms with Crippen LogP contribution in [0.4, 0.5) is 0 Å². The molecule has 2 aliphatic heterocycles. The average molecular weight is 547 g/mol. The van der Waals surface area contributed by atoms with E-state index in [0.717, 1.165) is 61.9 Å². The predicted octanol–water partition coefficient (Wildman–Crippen LogP) is 4.06. The summed E-state index contributed by atoms with van der Waals surface area (Å²) in [6.45, 7) is 4.67. The fraction of sp³-hybridized carbons (Fsp3) is 0.516. The first-order valence-electron chi connectivity index (χ1n) is 14.6. The number of morpholine rings is 1. The lowest BCUT2D eigenvalue weighted by molar-refractivity contribution is 0.0304. The second-order valence-electron chi connectivity index (χ2n) is 11.1. The van der Waals surface area contributed by atoms with E-state index in [1.54, 1.807) is 6.20 Å². The van der Waals surface area contributed by atoms with Crippen LogP contribution in [0.15, 0.2) is 48.8 Å². The van der Waals surface area contributed by atoms with Gasteiger partial charge in [-0.25, -0.2) is 0 Å². The average Bonchev–Trinajstić information content (AvgIpc) is 3.37. The van der Waals surface area contributed by atoms with E-state index in [2.05, 4.69) is 20.9 Å². The molecule has 3 aliphatic rings. The molecule has 6 rings (SSSR count). The summed E-state index contributed by atoms with van der Waals surface area (Å²) < 4.78 is 19.3. The quantitative estimate of drug-likeness (QED) is 0.481. The largest absolute Gasteiger partial charge is 0.490 e. The Bertz CT molecular complexity index is 1300. The summed E-state index contributed by atoms with van der Waals surface area (Å²) in [5.74, 6) is 1.31. The first-order valence-corrected chi connectivity index (χ1v) is 14.6. The van der Waals surface area contributed by atoms with E-state index >= 15 is 0 Å². The lowest BCUT2D eigenvalue weighted by Gasteiger charge is -2.29. The van der Waals surface area contributed by atoms with Crippen molar-refractivity contribution >= 4 is 22.8 Å². The Kier molecular flexibility index (Phi) is 8.29. The number of nitrogens with one attached hydrogen (secondary N) is 1. The fourth-order valence-electron chi connectivity index (χ4n) is 6.07. The zero-order chi connectivity index (χ0) is 27.3. The SMILES string of the molecule is O=C(NC1CCOCC1)c1ccc(OC2CCC(Cn3cc(C(=O)N4CCOCC4)c4ncccc43)CC2)cc1. The van der Waals surface area contributed by atoms with Gasteiger partial charge >= 0.3 is 0 Å². The fourth-order valence-corrected chi connectivity index (χ4v) is 6.07. The topological polar surface area (TPSA) is 94.9 Å². The second kappa shape index (κ2) is 12.4. The van der Waals surface area contributed by atoms with Crippen LogP contribution in [0, 0.1) is 5.92 Å². The summed E-state index contributed by atoms with van der Waals surface area (Å²) in [6.07, 6.45) is 9.72. The lowest BCUT2D eigenvalue weighted by atomic mass is 9.87. The number of benzene rings is 1. The van der Waals surface area contributed by atoms with Gasteiger partial charge in [-0.15, -0.1) is 0 Å². The van der Waals surface area contributed by atoms with Crippen molar-refractivity contribution in [2.75, 3.05) is 39.5 Å². The molecular weight excluding hydrogens is 508 g/mol. The zero-order valence-electron chi connectivity index (χ0n) is 22.9. The molecule has 9 heteroatoms. The minimum Gasteiger partial charge on any atom is -0.490 e. The molecule has 0 atom stereocenters. The van der Waals surface area contributed by atoms with Gasteiger partial charge in [-0.05, 0) is 80.8 Å². The van der Waals surface area contributed by atoms with Gasteiger partial charge in [0.05, 0.1) is 30.4 Å². The van der Waals surface area contributed by atoms with Crippen molar-refractivity contribution < 1.29 is 23.8 Å². The second-order valence-corrected chi connectivity index (χ2v) is 11.1. The summed E-state index contributed by atoms with van der Waals surface area (Å²) in [4.78, 5) is 32.3. The van der Waals surface area contributed by atoms with Gasteiger partial charge < -0.3 is 29.0 Å². The minimum absolute atomic E-state index is 0.0370. The zero-order valence-corrected chi connectivity index (χ0v) is 22.9. The number of rotatable bonds is 7. The van der Waals surface area contributed by atoms with Gasteiger partial charge in [0.15, 0.2) is 0 Å². The Morgan fingerprint density at radius 2 is 1.65 bits per heavy atom. The Labute approximate surface area is 234 Å². The van der Waals surface area contributed by atoms with Crippen molar-refractivity contribution in [3.05, 3.63) is 59.9 Å². The van der Waals surface area contributed by atoms with Crippen molar-refractivity contribution in [3.63, 3.8) is 0 Å². The summed E-state index contributed by atoms with van der Waals surface area (Å²) in [5.41, 5.74) is 3.13. The van der Waals surface area contributed by atoms with Crippen LogP contribution >= 0.6 is 0 Å². The Hall–Kier alpha value is -3.43. The summed E-state index contributed by atoms with van der Waals surface area (Å²) >= 11 is 0. The van der Waals surface area contributed by atoms with Gasteiger partial charge in [0.1, 0.15) is 11.3 Å². The molecular formula is C31H38N4O5. The van der Waals surface area contributed by atoms with E-state index in [0.29, 0.717) is 56.6 Å². The third kappa shape index (κ3) is 6.15. The Balaban J connectivity index is 1.02. The lowest BCUT2D eigenvalue weighted by Crippen LogP contribution is -2.40. The van der Waals surface area contributed by atoms with Crippen LogP contribution in [0.2, 0.25) is 0 Å². The first-order chi connectivity index (χ1) is 19.6.